The molecule has 9 heteroatoms. The summed E-state index contributed by atoms with van der Waals surface area (Å²) >= 11 is 5.50. The number of carbonyl (C=O) groups is 1. The van der Waals surface area contributed by atoms with Crippen molar-refractivity contribution < 1.29 is 22.4 Å². The number of aryl methyl sites for hydroxylation is 1. The molecular formula is C15H11ClF4N2O2. The number of amides is 1. The quantitative estimate of drug-likeness (QED) is 0.848. The van der Waals surface area contributed by atoms with Crippen molar-refractivity contribution in [3.63, 3.8) is 0 Å². The van der Waals surface area contributed by atoms with Crippen molar-refractivity contribution in [3.05, 3.63) is 62.8 Å². The van der Waals surface area contributed by atoms with Crippen LogP contribution in [0.5, 0.6) is 0 Å². The van der Waals surface area contributed by atoms with Crippen LogP contribution in [-0.4, -0.2) is 10.5 Å². The lowest BCUT2D eigenvalue weighted by Crippen LogP contribution is -2.29. The summed E-state index contributed by atoms with van der Waals surface area (Å²) in [5, 5.41) is 1.76. The van der Waals surface area contributed by atoms with Crippen molar-refractivity contribution in [2.24, 2.45) is 0 Å². The fourth-order valence-corrected chi connectivity index (χ4v) is 2.21. The summed E-state index contributed by atoms with van der Waals surface area (Å²) in [5.74, 6) is -1.24. The molecule has 2 aromatic rings. The number of halogens is 5. The lowest BCUT2D eigenvalue weighted by molar-refractivity contribution is -0.138. The second-order valence-electron chi connectivity index (χ2n) is 5.01. The van der Waals surface area contributed by atoms with Crippen molar-refractivity contribution in [2.45, 2.75) is 19.6 Å². The molecule has 2 rings (SSSR count). The summed E-state index contributed by atoms with van der Waals surface area (Å²) in [6.07, 6.45) is -4.19. The van der Waals surface area contributed by atoms with Gasteiger partial charge in [-0.2, -0.15) is 13.2 Å². The van der Waals surface area contributed by atoms with Gasteiger partial charge in [-0.05, 0) is 36.8 Å². The Labute approximate surface area is 138 Å². The molecule has 1 aromatic carbocycles. The average Bonchev–Trinajstić information content (AvgIpc) is 2.45. The van der Waals surface area contributed by atoms with Crippen LogP contribution in [0.1, 0.15) is 11.1 Å². The molecule has 0 saturated heterocycles. The first-order chi connectivity index (χ1) is 11.1. The molecule has 0 aliphatic rings. The number of rotatable bonds is 3. The van der Waals surface area contributed by atoms with Gasteiger partial charge in [-0.25, -0.2) is 4.39 Å². The van der Waals surface area contributed by atoms with Crippen LogP contribution in [0.4, 0.5) is 23.2 Å². The van der Waals surface area contributed by atoms with Gasteiger partial charge in [0.25, 0.3) is 5.56 Å². The first-order valence-corrected chi connectivity index (χ1v) is 6.99. The smallest absolute Gasteiger partial charge is 0.324 e. The van der Waals surface area contributed by atoms with Crippen LogP contribution in [0.25, 0.3) is 0 Å². The van der Waals surface area contributed by atoms with Crippen molar-refractivity contribution >= 4 is 23.2 Å². The zero-order valence-electron chi connectivity index (χ0n) is 12.2. The summed E-state index contributed by atoms with van der Waals surface area (Å²) in [7, 11) is 0. The van der Waals surface area contributed by atoms with Gasteiger partial charge in [0, 0.05) is 11.9 Å². The predicted octanol–water partition coefficient (Wildman–Crippen LogP) is 3.61. The molecule has 0 unspecified atom stereocenters. The van der Waals surface area contributed by atoms with Gasteiger partial charge >= 0.3 is 6.18 Å². The van der Waals surface area contributed by atoms with E-state index in [4.69, 9.17) is 11.6 Å². The molecule has 0 fully saturated rings. The molecule has 0 atom stereocenters. The molecule has 1 heterocycles. The Morgan fingerprint density at radius 3 is 2.54 bits per heavy atom. The number of hydrogen-bond donors (Lipinski definition) is 1. The molecule has 0 spiro atoms. The number of nitrogens with one attached hydrogen (secondary N) is 1. The Morgan fingerprint density at radius 1 is 1.29 bits per heavy atom. The van der Waals surface area contributed by atoms with E-state index in [-0.39, 0.29) is 5.69 Å². The second kappa shape index (κ2) is 6.64. The summed E-state index contributed by atoms with van der Waals surface area (Å²) in [6, 6.07) is 4.12. The largest absolute Gasteiger partial charge is 0.417 e. The molecule has 0 aliphatic carbocycles. The van der Waals surface area contributed by atoms with Gasteiger partial charge < -0.3 is 9.88 Å². The van der Waals surface area contributed by atoms with E-state index >= 15 is 0 Å². The van der Waals surface area contributed by atoms with Crippen LogP contribution >= 0.6 is 11.6 Å². The van der Waals surface area contributed by atoms with E-state index in [1.165, 1.54) is 12.1 Å². The normalized spacial score (nSPS) is 11.4. The van der Waals surface area contributed by atoms with Crippen LogP contribution in [0.2, 0.25) is 5.02 Å². The number of hydrogen-bond acceptors (Lipinski definition) is 2. The van der Waals surface area contributed by atoms with Gasteiger partial charge in [-0.15, -0.1) is 0 Å². The lowest BCUT2D eigenvalue weighted by atomic mass is 10.2. The van der Waals surface area contributed by atoms with Crippen molar-refractivity contribution in [1.29, 1.82) is 0 Å². The standard InChI is InChI=1S/C15H11ClF4N2O2/c1-8-4-10(17)2-3-12(8)21-13(23)7-22-6-9(15(18,19)20)5-11(16)14(22)24/h2-6H,7H2,1H3,(H,21,23). The monoisotopic (exact) mass is 362 g/mol. The summed E-state index contributed by atoms with van der Waals surface area (Å²) in [6.45, 7) is 0.880. The summed E-state index contributed by atoms with van der Waals surface area (Å²) in [5.41, 5.74) is -1.35. The SMILES string of the molecule is Cc1cc(F)ccc1NC(=O)Cn1cc(C(F)(F)F)cc(Cl)c1=O. The molecule has 24 heavy (non-hydrogen) atoms. The van der Waals surface area contributed by atoms with Gasteiger partial charge in [-0.3, -0.25) is 9.59 Å². The third kappa shape index (κ3) is 4.14. The van der Waals surface area contributed by atoms with E-state index < -0.39 is 40.6 Å². The van der Waals surface area contributed by atoms with E-state index in [2.05, 4.69) is 5.32 Å². The molecule has 0 saturated carbocycles. The van der Waals surface area contributed by atoms with E-state index in [0.717, 1.165) is 6.07 Å². The molecule has 1 aromatic heterocycles. The molecule has 128 valence electrons. The third-order valence-corrected chi connectivity index (χ3v) is 3.42. The molecule has 0 aliphatic heterocycles. The fourth-order valence-electron chi connectivity index (χ4n) is 1.98. The number of benzene rings is 1. The van der Waals surface area contributed by atoms with Gasteiger partial charge in [0.2, 0.25) is 5.91 Å². The summed E-state index contributed by atoms with van der Waals surface area (Å²) in [4.78, 5) is 23.7. The van der Waals surface area contributed by atoms with Crippen molar-refractivity contribution in [1.82, 2.24) is 4.57 Å². The number of carbonyl (C=O) groups excluding carboxylic acids is 1. The van der Waals surface area contributed by atoms with Gasteiger partial charge in [0.05, 0.1) is 5.56 Å². The van der Waals surface area contributed by atoms with Crippen LogP contribution in [0.15, 0.2) is 35.3 Å². The maximum atomic E-state index is 13.0. The number of alkyl halides is 3. The highest BCUT2D eigenvalue weighted by molar-refractivity contribution is 6.30. The third-order valence-electron chi connectivity index (χ3n) is 3.15. The second-order valence-corrected chi connectivity index (χ2v) is 5.42. The lowest BCUT2D eigenvalue weighted by Gasteiger charge is -2.13. The number of anilines is 1. The highest BCUT2D eigenvalue weighted by Gasteiger charge is 2.32. The first kappa shape index (κ1) is 18.0. The molecule has 1 amide bonds. The minimum absolute atomic E-state index is 0.285. The molecule has 1 N–H and O–H groups in total. The average molecular weight is 363 g/mol. The Hall–Kier alpha value is -2.35. The van der Waals surface area contributed by atoms with E-state index in [0.29, 0.717) is 22.4 Å². The van der Waals surface area contributed by atoms with Crippen molar-refractivity contribution in [2.75, 3.05) is 5.32 Å². The van der Waals surface area contributed by atoms with Crippen LogP contribution in [0.3, 0.4) is 0 Å². The Bertz CT molecular complexity index is 846. The summed E-state index contributed by atoms with van der Waals surface area (Å²) < 4.78 is 51.8. The topological polar surface area (TPSA) is 51.1 Å². The van der Waals surface area contributed by atoms with E-state index in [1.54, 1.807) is 6.92 Å². The van der Waals surface area contributed by atoms with Gasteiger partial charge in [0.15, 0.2) is 0 Å². The Balaban J connectivity index is 2.25. The highest BCUT2D eigenvalue weighted by atomic mass is 35.5. The van der Waals surface area contributed by atoms with Crippen LogP contribution in [0, 0.1) is 12.7 Å². The minimum Gasteiger partial charge on any atom is -0.324 e. The van der Waals surface area contributed by atoms with E-state index in [1.807, 2.05) is 0 Å². The zero-order chi connectivity index (χ0) is 18.1. The highest BCUT2D eigenvalue weighted by Crippen LogP contribution is 2.29. The van der Waals surface area contributed by atoms with Gasteiger partial charge in [-0.1, -0.05) is 11.6 Å². The Kier molecular flexibility index (Phi) is 4.98. The number of nitrogens with zero attached hydrogens (tertiary/aromatic N) is 1. The van der Waals surface area contributed by atoms with Crippen molar-refractivity contribution in [3.8, 4) is 0 Å². The van der Waals surface area contributed by atoms with E-state index in [9.17, 15) is 27.2 Å². The predicted molar refractivity (Wildman–Crippen MR) is 80.5 cm³/mol. The zero-order valence-corrected chi connectivity index (χ0v) is 13.0. The number of aromatic nitrogens is 1. The minimum atomic E-state index is -4.71. The van der Waals surface area contributed by atoms with Gasteiger partial charge in [0.1, 0.15) is 17.4 Å². The van der Waals surface area contributed by atoms with Crippen LogP contribution < -0.4 is 10.9 Å². The Morgan fingerprint density at radius 2 is 1.96 bits per heavy atom. The number of pyridine rings is 1. The molecule has 0 bridgehead atoms. The maximum Gasteiger partial charge on any atom is 0.417 e. The molecular weight excluding hydrogens is 352 g/mol. The first-order valence-electron chi connectivity index (χ1n) is 6.61. The molecule has 4 nitrogen and oxygen atoms in total. The molecule has 0 radical (unpaired) electrons. The maximum absolute atomic E-state index is 13.0. The van der Waals surface area contributed by atoms with Crippen LogP contribution in [-0.2, 0) is 17.5 Å². The fraction of sp³-hybridized carbons (Fsp3) is 0.200.